The van der Waals surface area contributed by atoms with Crippen LogP contribution in [0.1, 0.15) is 18.5 Å². The van der Waals surface area contributed by atoms with Crippen LogP contribution in [0.5, 0.6) is 0 Å². The van der Waals surface area contributed by atoms with E-state index in [9.17, 15) is 4.79 Å². The highest BCUT2D eigenvalue weighted by Crippen LogP contribution is 2.09. The van der Waals surface area contributed by atoms with Gasteiger partial charge in [-0.05, 0) is 19.9 Å². The van der Waals surface area contributed by atoms with Gasteiger partial charge in [0.2, 0.25) is 5.91 Å². The van der Waals surface area contributed by atoms with Gasteiger partial charge in [-0.25, -0.2) is 0 Å². The minimum absolute atomic E-state index is 0.0186. The predicted molar refractivity (Wildman–Crippen MR) is 50.2 cm³/mol. The fraction of sp³-hybridized carbons (Fsp3) is 0.500. The summed E-state index contributed by atoms with van der Waals surface area (Å²) in [6.07, 6.45) is 2.76. The van der Waals surface area contributed by atoms with Crippen LogP contribution < -0.4 is 11.1 Å². The van der Waals surface area contributed by atoms with Crippen molar-refractivity contribution in [3.63, 3.8) is 0 Å². The second-order valence-electron chi connectivity index (χ2n) is 2.85. The number of H-pyrrole nitrogens is 1. The van der Waals surface area contributed by atoms with E-state index >= 15 is 0 Å². The molecule has 1 rings (SSSR count). The molecule has 1 heterocycles. The first kappa shape index (κ1) is 9.73. The topological polar surface area (TPSA) is 83.8 Å². The summed E-state index contributed by atoms with van der Waals surface area (Å²) in [4.78, 5) is 11.2. The number of aromatic nitrogens is 2. The number of aryl methyl sites for hydroxylation is 1. The molecular formula is C8H14N4O. The van der Waals surface area contributed by atoms with Gasteiger partial charge in [0.15, 0.2) is 0 Å². The van der Waals surface area contributed by atoms with Gasteiger partial charge < -0.3 is 11.1 Å². The summed E-state index contributed by atoms with van der Waals surface area (Å²) in [5, 5.41) is 9.27. The van der Waals surface area contributed by atoms with Gasteiger partial charge in [-0.2, -0.15) is 5.10 Å². The molecule has 0 radical (unpaired) electrons. The van der Waals surface area contributed by atoms with Crippen LogP contribution in [0.25, 0.3) is 0 Å². The smallest absolute Gasteiger partial charge is 0.224 e. The van der Waals surface area contributed by atoms with Crippen LogP contribution in [0.15, 0.2) is 6.20 Å². The number of amides is 1. The summed E-state index contributed by atoms with van der Waals surface area (Å²) < 4.78 is 0. The monoisotopic (exact) mass is 182 g/mol. The maximum atomic E-state index is 11.2. The molecule has 1 aromatic rings. The standard InChI is InChI=1S/C8H14N4O/c1-6-7(5-10-12-6)11-8(13)3-2-4-9/h5H,2-4,9H2,1H3,(H,10,12)(H,11,13). The fourth-order valence-corrected chi connectivity index (χ4v) is 0.952. The molecule has 0 aliphatic carbocycles. The minimum Gasteiger partial charge on any atom is -0.330 e. The largest absolute Gasteiger partial charge is 0.330 e. The third-order valence-electron chi connectivity index (χ3n) is 1.71. The van der Waals surface area contributed by atoms with E-state index in [0.29, 0.717) is 19.4 Å². The van der Waals surface area contributed by atoms with Gasteiger partial charge in [0.25, 0.3) is 0 Å². The van der Waals surface area contributed by atoms with E-state index in [-0.39, 0.29) is 5.91 Å². The number of carbonyl (C=O) groups is 1. The molecule has 0 aromatic carbocycles. The number of hydrogen-bond acceptors (Lipinski definition) is 3. The van der Waals surface area contributed by atoms with Crippen molar-refractivity contribution in [3.05, 3.63) is 11.9 Å². The lowest BCUT2D eigenvalue weighted by atomic mass is 10.3. The van der Waals surface area contributed by atoms with Crippen LogP contribution in [0, 0.1) is 6.92 Å². The Bertz CT molecular complexity index is 281. The van der Waals surface area contributed by atoms with E-state index in [2.05, 4.69) is 15.5 Å². The highest BCUT2D eigenvalue weighted by Gasteiger charge is 2.04. The zero-order valence-electron chi connectivity index (χ0n) is 7.63. The van der Waals surface area contributed by atoms with E-state index in [1.165, 1.54) is 0 Å². The molecule has 1 amide bonds. The third kappa shape index (κ3) is 2.87. The number of nitrogens with two attached hydrogens (primary N) is 1. The van der Waals surface area contributed by atoms with Gasteiger partial charge in [-0.15, -0.1) is 0 Å². The second-order valence-corrected chi connectivity index (χ2v) is 2.85. The van der Waals surface area contributed by atoms with Gasteiger partial charge in [0, 0.05) is 6.42 Å². The van der Waals surface area contributed by atoms with E-state index in [4.69, 9.17) is 5.73 Å². The molecule has 0 spiro atoms. The summed E-state index contributed by atoms with van der Waals surface area (Å²) in [6, 6.07) is 0. The van der Waals surface area contributed by atoms with Crippen LogP contribution in [0.4, 0.5) is 5.69 Å². The lowest BCUT2D eigenvalue weighted by molar-refractivity contribution is -0.116. The van der Waals surface area contributed by atoms with Gasteiger partial charge >= 0.3 is 0 Å². The molecule has 0 fully saturated rings. The van der Waals surface area contributed by atoms with Crippen molar-refractivity contribution in [1.29, 1.82) is 0 Å². The number of nitrogens with one attached hydrogen (secondary N) is 2. The average molecular weight is 182 g/mol. The Morgan fingerprint density at radius 1 is 1.77 bits per heavy atom. The van der Waals surface area contributed by atoms with E-state index in [1.807, 2.05) is 6.92 Å². The molecule has 13 heavy (non-hydrogen) atoms. The molecule has 0 unspecified atom stereocenters. The molecule has 72 valence electrons. The van der Waals surface area contributed by atoms with Gasteiger partial charge in [-0.1, -0.05) is 0 Å². The van der Waals surface area contributed by atoms with Crippen molar-refractivity contribution >= 4 is 11.6 Å². The number of hydrogen-bond donors (Lipinski definition) is 3. The number of rotatable bonds is 4. The molecule has 0 bridgehead atoms. The number of carbonyl (C=O) groups excluding carboxylic acids is 1. The first-order valence-electron chi connectivity index (χ1n) is 4.24. The van der Waals surface area contributed by atoms with E-state index in [1.54, 1.807) is 6.20 Å². The fourth-order valence-electron chi connectivity index (χ4n) is 0.952. The van der Waals surface area contributed by atoms with Crippen molar-refractivity contribution in [2.75, 3.05) is 11.9 Å². The second kappa shape index (κ2) is 4.61. The quantitative estimate of drug-likeness (QED) is 0.630. The number of aromatic amines is 1. The van der Waals surface area contributed by atoms with Gasteiger partial charge in [0.1, 0.15) is 0 Å². The summed E-state index contributed by atoms with van der Waals surface area (Å²) in [5.41, 5.74) is 6.88. The highest BCUT2D eigenvalue weighted by molar-refractivity contribution is 5.90. The maximum absolute atomic E-state index is 11.2. The number of nitrogens with zero attached hydrogens (tertiary/aromatic N) is 1. The molecule has 4 N–H and O–H groups in total. The normalized spacial score (nSPS) is 10.0. The molecule has 1 aromatic heterocycles. The first-order valence-corrected chi connectivity index (χ1v) is 4.24. The number of anilines is 1. The molecular weight excluding hydrogens is 168 g/mol. The van der Waals surface area contributed by atoms with Crippen LogP contribution in [0.3, 0.4) is 0 Å². The Morgan fingerprint density at radius 2 is 2.54 bits per heavy atom. The zero-order valence-corrected chi connectivity index (χ0v) is 7.63. The Hall–Kier alpha value is -1.36. The van der Waals surface area contributed by atoms with E-state index < -0.39 is 0 Å². The Kier molecular flexibility index (Phi) is 3.45. The van der Waals surface area contributed by atoms with Gasteiger partial charge in [0.05, 0.1) is 17.6 Å². The van der Waals surface area contributed by atoms with Crippen LogP contribution >= 0.6 is 0 Å². The summed E-state index contributed by atoms with van der Waals surface area (Å²) in [7, 11) is 0. The Labute approximate surface area is 76.7 Å². The van der Waals surface area contributed by atoms with Crippen molar-refractivity contribution in [3.8, 4) is 0 Å². The van der Waals surface area contributed by atoms with Crippen molar-refractivity contribution < 1.29 is 4.79 Å². The summed E-state index contributed by atoms with van der Waals surface area (Å²) in [6.45, 7) is 2.39. The van der Waals surface area contributed by atoms with Gasteiger partial charge in [-0.3, -0.25) is 9.89 Å². The maximum Gasteiger partial charge on any atom is 0.224 e. The molecule has 0 saturated heterocycles. The van der Waals surface area contributed by atoms with Crippen molar-refractivity contribution in [2.24, 2.45) is 5.73 Å². The third-order valence-corrected chi connectivity index (χ3v) is 1.71. The molecule has 0 atom stereocenters. The van der Waals surface area contributed by atoms with Crippen molar-refractivity contribution in [2.45, 2.75) is 19.8 Å². The minimum atomic E-state index is -0.0186. The Balaban J connectivity index is 2.41. The summed E-state index contributed by atoms with van der Waals surface area (Å²) >= 11 is 0. The van der Waals surface area contributed by atoms with Crippen molar-refractivity contribution in [1.82, 2.24) is 10.2 Å². The predicted octanol–water partition coefficient (Wildman–Crippen LogP) is 0.396. The average Bonchev–Trinajstić information content (AvgIpc) is 2.48. The lowest BCUT2D eigenvalue weighted by Crippen LogP contribution is -2.13. The molecule has 5 heteroatoms. The Morgan fingerprint density at radius 3 is 3.08 bits per heavy atom. The van der Waals surface area contributed by atoms with Crippen LogP contribution in [-0.4, -0.2) is 22.6 Å². The van der Waals surface area contributed by atoms with E-state index in [0.717, 1.165) is 11.4 Å². The van der Waals surface area contributed by atoms with Crippen LogP contribution in [0.2, 0.25) is 0 Å². The molecule has 5 nitrogen and oxygen atoms in total. The zero-order chi connectivity index (χ0) is 9.68. The SMILES string of the molecule is Cc1[nH]ncc1NC(=O)CCCN. The molecule has 0 aliphatic heterocycles. The van der Waals surface area contributed by atoms with Crippen LogP contribution in [-0.2, 0) is 4.79 Å². The lowest BCUT2D eigenvalue weighted by Gasteiger charge is -2.01. The first-order chi connectivity index (χ1) is 6.24. The highest BCUT2D eigenvalue weighted by atomic mass is 16.1. The molecule has 0 aliphatic rings. The molecule has 0 saturated carbocycles. The summed E-state index contributed by atoms with van der Waals surface area (Å²) in [5.74, 6) is -0.0186.